The summed E-state index contributed by atoms with van der Waals surface area (Å²) in [6, 6.07) is 0. The van der Waals surface area contributed by atoms with Crippen LogP contribution in [0, 0.1) is 4.91 Å². The maximum Gasteiger partial charge on any atom is 0.366 e. The Hall–Kier alpha value is -0.690. The van der Waals surface area contributed by atoms with Gasteiger partial charge in [0.05, 0.1) is 12.0 Å². The first-order valence-corrected chi connectivity index (χ1v) is 4.02. The molecule has 0 aromatic rings. The maximum absolute atomic E-state index is 11.1. The quantitative estimate of drug-likeness (QED) is 0.316. The molecule has 0 aliphatic rings. The number of hydrazine groups is 1. The molecular formula is C5H11BrN3O3+. The normalized spacial score (nSPS) is 12.0. The number of nitrogens with one attached hydrogen (secondary N) is 1. The number of carbonyl (C=O) groups excluding carboxylic acids is 1. The lowest BCUT2D eigenvalue weighted by Crippen LogP contribution is -2.41. The molecule has 12 heavy (non-hydrogen) atoms. The number of nitrogens with zero attached hydrogens (tertiary/aromatic N) is 2. The molecule has 6 nitrogen and oxygen atoms in total. The van der Waals surface area contributed by atoms with Crippen LogP contribution in [0.1, 0.15) is 0 Å². The summed E-state index contributed by atoms with van der Waals surface area (Å²) in [5, 5.41) is 0. The van der Waals surface area contributed by atoms with Gasteiger partial charge in [0.2, 0.25) is 0 Å². The lowest BCUT2D eigenvalue weighted by Gasteiger charge is -2.08. The van der Waals surface area contributed by atoms with Crippen molar-refractivity contribution < 1.29 is 14.5 Å². The molecule has 0 aliphatic carbocycles. The van der Waals surface area contributed by atoms with Crippen molar-refractivity contribution >= 4 is 21.8 Å². The third kappa shape index (κ3) is 3.14. The zero-order valence-electron chi connectivity index (χ0n) is 7.07. The van der Waals surface area contributed by atoms with E-state index in [1.54, 1.807) is 14.1 Å². The van der Waals surface area contributed by atoms with Crippen molar-refractivity contribution in [1.82, 2.24) is 10.5 Å². The summed E-state index contributed by atoms with van der Waals surface area (Å²) >= 11 is 2.89. The Morgan fingerprint density at radius 2 is 2.17 bits per heavy atom. The molecule has 0 heterocycles. The Balaban J connectivity index is 4.10. The molecule has 0 bridgehead atoms. The Bertz CT molecular complexity index is 185. The smallest absolute Gasteiger partial charge is 0.342 e. The summed E-state index contributed by atoms with van der Waals surface area (Å²) in [6.07, 6.45) is 0. The number of rotatable bonds is 4. The van der Waals surface area contributed by atoms with Gasteiger partial charge in [-0.25, -0.2) is 4.84 Å². The van der Waals surface area contributed by atoms with E-state index >= 15 is 0 Å². The second-order valence-corrected chi connectivity index (χ2v) is 3.06. The molecule has 0 aromatic carbocycles. The van der Waals surface area contributed by atoms with E-state index < -0.39 is 4.95 Å². The number of hydrogen-bond donors (Lipinski definition) is 1. The number of hydrogen-bond acceptors (Lipinski definition) is 3. The summed E-state index contributed by atoms with van der Waals surface area (Å²) in [5.41, 5.74) is 1.96. The van der Waals surface area contributed by atoms with Crippen molar-refractivity contribution in [3.8, 4) is 0 Å². The Labute approximate surface area is 78.5 Å². The molecule has 0 saturated carbocycles. The van der Waals surface area contributed by atoms with Gasteiger partial charge in [-0.1, -0.05) is 0 Å². The average Bonchev–Trinajstić information content (AvgIpc) is 2.02. The molecule has 0 radical (unpaired) electrons. The first-order chi connectivity index (χ1) is 5.50. The molecule has 0 fully saturated rings. The second kappa shape index (κ2) is 5.04. The highest BCUT2D eigenvalue weighted by Crippen LogP contribution is 2.01. The van der Waals surface area contributed by atoms with Crippen LogP contribution < -0.4 is 5.59 Å². The number of carbonyl (C=O) groups is 1. The molecule has 1 atom stereocenters. The van der Waals surface area contributed by atoms with Crippen molar-refractivity contribution in [2.75, 3.05) is 21.2 Å². The third-order valence-electron chi connectivity index (χ3n) is 1.03. The average molecular weight is 241 g/mol. The van der Waals surface area contributed by atoms with Gasteiger partial charge in [0, 0.05) is 30.0 Å². The van der Waals surface area contributed by atoms with Crippen LogP contribution in [0.4, 0.5) is 0 Å². The van der Waals surface area contributed by atoms with Crippen molar-refractivity contribution in [2.45, 2.75) is 4.95 Å². The Morgan fingerprint density at radius 1 is 1.67 bits per heavy atom. The zero-order valence-corrected chi connectivity index (χ0v) is 8.66. The van der Waals surface area contributed by atoms with Gasteiger partial charge in [-0.05, 0) is 5.59 Å². The number of amides is 1. The number of nitroso groups, excluding NO2 is 1. The molecule has 70 valence electrons. The predicted molar refractivity (Wildman–Crippen MR) is 45.2 cm³/mol. The SMILES string of the molecule is CON[N+](=O)[C@H](Br)C(=O)N(C)C. The van der Waals surface area contributed by atoms with Gasteiger partial charge in [0.25, 0.3) is 0 Å². The van der Waals surface area contributed by atoms with Crippen LogP contribution in [0.15, 0.2) is 0 Å². The molecule has 0 saturated heterocycles. The van der Waals surface area contributed by atoms with Crippen LogP contribution in [-0.4, -0.2) is 41.8 Å². The second-order valence-electron chi connectivity index (χ2n) is 2.19. The summed E-state index contributed by atoms with van der Waals surface area (Å²) < 4.78 is 0. The monoisotopic (exact) mass is 240 g/mol. The van der Waals surface area contributed by atoms with E-state index in [0.717, 1.165) is 0 Å². The third-order valence-corrected chi connectivity index (χ3v) is 1.80. The first kappa shape index (κ1) is 11.3. The molecule has 0 aromatic heterocycles. The summed E-state index contributed by atoms with van der Waals surface area (Å²) in [4.78, 5) is 26.9. The standard InChI is InChI=1S/C5H11BrN3O3/c1-8(2)5(10)4(6)9(11)7-12-3/h4H,1-3H3,(H,7,11)/q+1/t4-/m0/s1. The van der Waals surface area contributed by atoms with E-state index in [4.69, 9.17) is 0 Å². The fourth-order valence-electron chi connectivity index (χ4n) is 0.450. The lowest BCUT2D eigenvalue weighted by atomic mass is 10.5. The Kier molecular flexibility index (Phi) is 4.75. The minimum absolute atomic E-state index is 0.266. The van der Waals surface area contributed by atoms with E-state index in [0.29, 0.717) is 0 Å². The minimum atomic E-state index is -0.979. The van der Waals surface area contributed by atoms with Crippen molar-refractivity contribution in [2.24, 2.45) is 0 Å². The molecule has 0 unspecified atom stereocenters. The van der Waals surface area contributed by atoms with Crippen LogP contribution in [0.3, 0.4) is 0 Å². The summed E-state index contributed by atoms with van der Waals surface area (Å²) in [7, 11) is 4.39. The maximum atomic E-state index is 11.1. The largest absolute Gasteiger partial charge is 0.366 e. The van der Waals surface area contributed by atoms with Gasteiger partial charge >= 0.3 is 10.9 Å². The first-order valence-electron chi connectivity index (χ1n) is 3.11. The van der Waals surface area contributed by atoms with E-state index in [1.807, 2.05) is 5.59 Å². The van der Waals surface area contributed by atoms with Gasteiger partial charge in [0.15, 0.2) is 4.87 Å². The topological polar surface area (TPSA) is 61.6 Å². The van der Waals surface area contributed by atoms with Gasteiger partial charge < -0.3 is 4.90 Å². The van der Waals surface area contributed by atoms with Crippen LogP contribution >= 0.6 is 15.9 Å². The van der Waals surface area contributed by atoms with Crippen molar-refractivity contribution in [1.29, 1.82) is 0 Å². The minimum Gasteiger partial charge on any atom is -0.342 e. The highest BCUT2D eigenvalue weighted by Gasteiger charge is 2.32. The molecule has 0 aliphatic heterocycles. The van der Waals surface area contributed by atoms with Gasteiger partial charge in [0.1, 0.15) is 0 Å². The Morgan fingerprint density at radius 3 is 2.50 bits per heavy atom. The molecule has 1 N–H and O–H groups in total. The highest BCUT2D eigenvalue weighted by molar-refractivity contribution is 9.09. The number of likely N-dealkylation sites (N-methyl/N-ethyl adjacent to an activating group) is 1. The molecule has 0 spiro atoms. The van der Waals surface area contributed by atoms with E-state index in [9.17, 15) is 9.70 Å². The molecule has 1 amide bonds. The van der Waals surface area contributed by atoms with E-state index in [1.165, 1.54) is 12.0 Å². The molecule has 0 rings (SSSR count). The fraction of sp³-hybridized carbons (Fsp3) is 0.800. The van der Waals surface area contributed by atoms with E-state index in [2.05, 4.69) is 20.8 Å². The predicted octanol–water partition coefficient (Wildman–Crippen LogP) is -0.359. The van der Waals surface area contributed by atoms with Gasteiger partial charge in [-0.2, -0.15) is 0 Å². The fourth-order valence-corrected chi connectivity index (χ4v) is 0.943. The van der Waals surface area contributed by atoms with Gasteiger partial charge in [-0.15, -0.1) is 0 Å². The van der Waals surface area contributed by atoms with Crippen LogP contribution in [0.25, 0.3) is 0 Å². The number of alkyl halides is 1. The molecular weight excluding hydrogens is 230 g/mol. The van der Waals surface area contributed by atoms with Crippen molar-refractivity contribution in [3.63, 3.8) is 0 Å². The lowest BCUT2D eigenvalue weighted by molar-refractivity contribution is -0.657. The van der Waals surface area contributed by atoms with Crippen LogP contribution in [-0.2, 0) is 9.63 Å². The van der Waals surface area contributed by atoms with E-state index in [-0.39, 0.29) is 10.8 Å². The summed E-state index contributed by atoms with van der Waals surface area (Å²) in [6.45, 7) is 0. The van der Waals surface area contributed by atoms with Crippen molar-refractivity contribution in [3.05, 3.63) is 4.91 Å². The highest BCUT2D eigenvalue weighted by atomic mass is 79.9. The summed E-state index contributed by atoms with van der Waals surface area (Å²) in [5.74, 6) is -0.366. The molecule has 7 heteroatoms. The van der Waals surface area contributed by atoms with Crippen LogP contribution in [0.2, 0.25) is 0 Å². The van der Waals surface area contributed by atoms with Crippen LogP contribution in [0.5, 0.6) is 0 Å². The number of halogens is 1. The van der Waals surface area contributed by atoms with Gasteiger partial charge in [-0.3, -0.25) is 4.79 Å². The zero-order chi connectivity index (χ0) is 9.72.